The first-order chi connectivity index (χ1) is 8.24. The van der Waals surface area contributed by atoms with Gasteiger partial charge in [-0.25, -0.2) is 0 Å². The number of benzene rings is 1. The number of nitrogens with zero attached hydrogens (tertiary/aromatic N) is 2. The molecular weight excluding hydrogens is 218 g/mol. The van der Waals surface area contributed by atoms with Crippen molar-refractivity contribution in [2.24, 2.45) is 5.73 Å². The van der Waals surface area contributed by atoms with Gasteiger partial charge in [-0.2, -0.15) is 5.10 Å². The Bertz CT molecular complexity index is 508. The van der Waals surface area contributed by atoms with Crippen LogP contribution >= 0.6 is 0 Å². The van der Waals surface area contributed by atoms with Crippen molar-refractivity contribution in [3.05, 3.63) is 30.6 Å². The van der Waals surface area contributed by atoms with Gasteiger partial charge in [-0.15, -0.1) is 0 Å². The topological polar surface area (TPSA) is 73.3 Å². The Morgan fingerprint density at radius 1 is 1.47 bits per heavy atom. The number of nitrogens with two attached hydrogens (primary N) is 1. The van der Waals surface area contributed by atoms with Crippen LogP contribution in [0.25, 0.3) is 11.1 Å². The molecule has 0 bridgehead atoms. The van der Waals surface area contributed by atoms with E-state index in [1.165, 1.54) is 0 Å². The van der Waals surface area contributed by atoms with Crippen LogP contribution in [0.1, 0.15) is 0 Å². The van der Waals surface area contributed by atoms with Crippen LogP contribution in [0.5, 0.6) is 11.5 Å². The van der Waals surface area contributed by atoms with E-state index >= 15 is 0 Å². The standard InChI is InChI=1S/C12H15N3O2/c1-17-12-3-2-10(16)6-11(12)9-7-14-15(8-9)5-4-13/h2-3,6-8,16H,4-5,13H2,1H3. The lowest BCUT2D eigenvalue weighted by molar-refractivity contribution is 0.414. The highest BCUT2D eigenvalue weighted by molar-refractivity contribution is 5.70. The van der Waals surface area contributed by atoms with Gasteiger partial charge in [0, 0.05) is 23.9 Å². The van der Waals surface area contributed by atoms with Gasteiger partial charge in [-0.05, 0) is 18.2 Å². The number of aromatic nitrogens is 2. The molecule has 1 aromatic heterocycles. The lowest BCUT2D eigenvalue weighted by Gasteiger charge is -2.06. The number of phenolic OH excluding ortho intramolecular Hbond substituents is 1. The summed E-state index contributed by atoms with van der Waals surface area (Å²) in [5.74, 6) is 0.905. The van der Waals surface area contributed by atoms with Crippen molar-refractivity contribution < 1.29 is 9.84 Å². The Morgan fingerprint density at radius 3 is 3.00 bits per heavy atom. The minimum absolute atomic E-state index is 0.201. The Hall–Kier alpha value is -2.01. The van der Waals surface area contributed by atoms with E-state index in [0.29, 0.717) is 18.8 Å². The molecule has 0 amide bonds. The molecule has 90 valence electrons. The second-order valence-electron chi connectivity index (χ2n) is 3.67. The Morgan fingerprint density at radius 2 is 2.29 bits per heavy atom. The zero-order chi connectivity index (χ0) is 12.3. The van der Waals surface area contributed by atoms with Crippen molar-refractivity contribution in [3.8, 4) is 22.6 Å². The van der Waals surface area contributed by atoms with Crippen LogP contribution in [0.15, 0.2) is 30.6 Å². The zero-order valence-corrected chi connectivity index (χ0v) is 9.63. The summed E-state index contributed by atoms with van der Waals surface area (Å²) in [6.07, 6.45) is 3.61. The number of methoxy groups -OCH3 is 1. The summed E-state index contributed by atoms with van der Waals surface area (Å²) < 4.78 is 7.01. The summed E-state index contributed by atoms with van der Waals surface area (Å²) >= 11 is 0. The maximum absolute atomic E-state index is 9.50. The smallest absolute Gasteiger partial charge is 0.127 e. The summed E-state index contributed by atoms with van der Waals surface area (Å²) in [6.45, 7) is 1.21. The second kappa shape index (κ2) is 4.88. The molecule has 0 aliphatic carbocycles. The fourth-order valence-electron chi connectivity index (χ4n) is 1.68. The lowest BCUT2D eigenvalue weighted by Crippen LogP contribution is -2.09. The van der Waals surface area contributed by atoms with Crippen molar-refractivity contribution in [1.82, 2.24) is 9.78 Å². The first-order valence-corrected chi connectivity index (χ1v) is 5.34. The van der Waals surface area contributed by atoms with Gasteiger partial charge in [0.15, 0.2) is 0 Å². The summed E-state index contributed by atoms with van der Waals surface area (Å²) in [6, 6.07) is 4.97. The SMILES string of the molecule is COc1ccc(O)cc1-c1cnn(CCN)c1. The van der Waals surface area contributed by atoms with Crippen LogP contribution < -0.4 is 10.5 Å². The van der Waals surface area contributed by atoms with Crippen molar-refractivity contribution >= 4 is 0 Å². The molecule has 3 N–H and O–H groups in total. The molecule has 5 nitrogen and oxygen atoms in total. The monoisotopic (exact) mass is 233 g/mol. The average Bonchev–Trinajstić information content (AvgIpc) is 2.78. The molecular formula is C12H15N3O2. The zero-order valence-electron chi connectivity index (χ0n) is 9.63. The van der Waals surface area contributed by atoms with Gasteiger partial charge in [0.25, 0.3) is 0 Å². The predicted molar refractivity (Wildman–Crippen MR) is 64.9 cm³/mol. The molecule has 0 saturated carbocycles. The highest BCUT2D eigenvalue weighted by Gasteiger charge is 2.09. The van der Waals surface area contributed by atoms with Crippen LogP contribution in [0.3, 0.4) is 0 Å². The van der Waals surface area contributed by atoms with Gasteiger partial charge in [0.1, 0.15) is 11.5 Å². The number of rotatable bonds is 4. The van der Waals surface area contributed by atoms with Gasteiger partial charge >= 0.3 is 0 Å². The molecule has 0 fully saturated rings. The van der Waals surface area contributed by atoms with E-state index in [1.807, 2.05) is 6.20 Å². The average molecular weight is 233 g/mol. The van der Waals surface area contributed by atoms with Gasteiger partial charge in [-0.1, -0.05) is 0 Å². The van der Waals surface area contributed by atoms with Crippen LogP contribution in [0.4, 0.5) is 0 Å². The molecule has 0 saturated heterocycles. The van der Waals surface area contributed by atoms with E-state index in [0.717, 1.165) is 11.1 Å². The third-order valence-electron chi connectivity index (χ3n) is 2.49. The first kappa shape index (κ1) is 11.5. The molecule has 17 heavy (non-hydrogen) atoms. The van der Waals surface area contributed by atoms with E-state index < -0.39 is 0 Å². The molecule has 0 unspecified atom stereocenters. The Balaban J connectivity index is 2.40. The van der Waals surface area contributed by atoms with Crippen LogP contribution in [-0.4, -0.2) is 28.5 Å². The van der Waals surface area contributed by atoms with Crippen molar-refractivity contribution in [2.45, 2.75) is 6.54 Å². The molecule has 0 spiro atoms. The largest absolute Gasteiger partial charge is 0.508 e. The third kappa shape index (κ3) is 2.39. The fourth-order valence-corrected chi connectivity index (χ4v) is 1.68. The highest BCUT2D eigenvalue weighted by atomic mass is 16.5. The molecule has 0 aliphatic heterocycles. The second-order valence-corrected chi connectivity index (χ2v) is 3.67. The number of ether oxygens (including phenoxy) is 1. The maximum Gasteiger partial charge on any atom is 0.127 e. The maximum atomic E-state index is 9.50. The Labute approximate surface area is 99.4 Å². The summed E-state index contributed by atoms with van der Waals surface area (Å²) in [5.41, 5.74) is 7.17. The summed E-state index contributed by atoms with van der Waals surface area (Å²) in [7, 11) is 1.60. The number of phenols is 1. The number of aromatic hydroxyl groups is 1. The number of hydrogen-bond acceptors (Lipinski definition) is 4. The normalized spacial score (nSPS) is 10.5. The van der Waals surface area contributed by atoms with Gasteiger partial charge in [0.2, 0.25) is 0 Å². The molecule has 0 radical (unpaired) electrons. The van der Waals surface area contributed by atoms with E-state index in [1.54, 1.807) is 36.2 Å². The van der Waals surface area contributed by atoms with Crippen LogP contribution in [-0.2, 0) is 6.54 Å². The molecule has 0 aliphatic rings. The van der Waals surface area contributed by atoms with Crippen molar-refractivity contribution in [3.63, 3.8) is 0 Å². The highest BCUT2D eigenvalue weighted by Crippen LogP contribution is 2.32. The summed E-state index contributed by atoms with van der Waals surface area (Å²) in [4.78, 5) is 0. The van der Waals surface area contributed by atoms with Gasteiger partial charge < -0.3 is 15.6 Å². The molecule has 2 aromatic rings. The molecule has 0 atom stereocenters. The van der Waals surface area contributed by atoms with Crippen molar-refractivity contribution in [2.75, 3.05) is 13.7 Å². The van der Waals surface area contributed by atoms with Crippen molar-refractivity contribution in [1.29, 1.82) is 0 Å². The third-order valence-corrected chi connectivity index (χ3v) is 2.49. The molecule has 1 aromatic carbocycles. The lowest BCUT2D eigenvalue weighted by atomic mass is 10.1. The van der Waals surface area contributed by atoms with Crippen LogP contribution in [0.2, 0.25) is 0 Å². The molecule has 1 heterocycles. The molecule has 2 rings (SSSR count). The van der Waals surface area contributed by atoms with Gasteiger partial charge in [-0.3, -0.25) is 4.68 Å². The van der Waals surface area contributed by atoms with E-state index in [4.69, 9.17) is 10.5 Å². The number of hydrogen-bond donors (Lipinski definition) is 2. The van der Waals surface area contributed by atoms with Gasteiger partial charge in [0.05, 0.1) is 19.9 Å². The van der Waals surface area contributed by atoms with E-state index in [-0.39, 0.29) is 5.75 Å². The van der Waals surface area contributed by atoms with E-state index in [9.17, 15) is 5.11 Å². The molecule has 5 heteroatoms. The van der Waals surface area contributed by atoms with E-state index in [2.05, 4.69) is 5.10 Å². The minimum atomic E-state index is 0.201. The quantitative estimate of drug-likeness (QED) is 0.832. The predicted octanol–water partition coefficient (Wildman–Crippen LogP) is 1.22. The summed E-state index contributed by atoms with van der Waals surface area (Å²) in [5, 5.41) is 13.7. The Kier molecular flexibility index (Phi) is 3.30. The minimum Gasteiger partial charge on any atom is -0.508 e. The fraction of sp³-hybridized carbons (Fsp3) is 0.250. The first-order valence-electron chi connectivity index (χ1n) is 5.34. The van der Waals surface area contributed by atoms with Crippen LogP contribution in [0, 0.1) is 0 Å².